The number of amides is 2. The third-order valence-electron chi connectivity index (χ3n) is 4.17. The van der Waals surface area contributed by atoms with Crippen LogP contribution >= 0.6 is 0 Å². The fourth-order valence-electron chi connectivity index (χ4n) is 2.97. The highest BCUT2D eigenvalue weighted by Gasteiger charge is 2.32. The number of allylic oxidation sites excluding steroid dienone is 1. The Kier molecular flexibility index (Phi) is 4.93. The number of benzene rings is 2. The molecule has 2 aromatic carbocycles. The molecule has 1 aliphatic rings. The number of nitrogens with one attached hydrogen (secondary N) is 2. The summed E-state index contributed by atoms with van der Waals surface area (Å²) in [5, 5.41) is 15.4. The molecule has 1 heterocycles. The van der Waals surface area contributed by atoms with E-state index >= 15 is 0 Å². The highest BCUT2D eigenvalue weighted by molar-refractivity contribution is 6.11. The Hall–Kier alpha value is -3.28. The van der Waals surface area contributed by atoms with Crippen LogP contribution in [0, 0.1) is 0 Å². The van der Waals surface area contributed by atoms with Gasteiger partial charge in [0, 0.05) is 16.8 Å². The lowest BCUT2D eigenvalue weighted by Gasteiger charge is -2.29. The second-order valence-corrected chi connectivity index (χ2v) is 5.93. The topological polar surface area (TPSA) is 87.7 Å². The SMILES string of the molecule is CCOc1cc([C@H]2NC(=O)NC(C)=C2C(=O)c2ccccc2)ccc1O. The predicted octanol–water partition coefficient (Wildman–Crippen LogP) is 3.30. The Morgan fingerprint density at radius 2 is 1.92 bits per heavy atom. The summed E-state index contributed by atoms with van der Waals surface area (Å²) in [7, 11) is 0. The van der Waals surface area contributed by atoms with E-state index in [0.29, 0.717) is 34.8 Å². The van der Waals surface area contributed by atoms with Gasteiger partial charge >= 0.3 is 6.03 Å². The number of hydrogen-bond acceptors (Lipinski definition) is 4. The minimum Gasteiger partial charge on any atom is -0.504 e. The molecule has 0 aliphatic carbocycles. The molecule has 0 fully saturated rings. The lowest BCUT2D eigenvalue weighted by molar-refractivity contribution is 0.102. The van der Waals surface area contributed by atoms with Gasteiger partial charge in [0.2, 0.25) is 0 Å². The van der Waals surface area contributed by atoms with Crippen LogP contribution in [0.3, 0.4) is 0 Å². The van der Waals surface area contributed by atoms with Crippen molar-refractivity contribution in [3.8, 4) is 11.5 Å². The first-order valence-electron chi connectivity index (χ1n) is 8.35. The van der Waals surface area contributed by atoms with Gasteiger partial charge < -0.3 is 20.5 Å². The Bertz CT molecular complexity index is 875. The molecular formula is C20H20N2O4. The molecule has 0 saturated heterocycles. The van der Waals surface area contributed by atoms with E-state index in [4.69, 9.17) is 4.74 Å². The van der Waals surface area contributed by atoms with E-state index in [0.717, 1.165) is 0 Å². The number of phenolic OH excluding ortho intramolecular Hbond substituents is 1. The number of ketones is 1. The fraction of sp³-hybridized carbons (Fsp3) is 0.200. The van der Waals surface area contributed by atoms with Crippen molar-refractivity contribution in [2.45, 2.75) is 19.9 Å². The second kappa shape index (κ2) is 7.31. The molecule has 1 aliphatic heterocycles. The van der Waals surface area contributed by atoms with E-state index in [1.165, 1.54) is 6.07 Å². The Labute approximate surface area is 151 Å². The molecule has 1 atom stereocenters. The van der Waals surface area contributed by atoms with Gasteiger partial charge in [-0.2, -0.15) is 0 Å². The summed E-state index contributed by atoms with van der Waals surface area (Å²) in [6.07, 6.45) is 0. The monoisotopic (exact) mass is 352 g/mol. The van der Waals surface area contributed by atoms with E-state index in [2.05, 4.69) is 10.6 Å². The molecular weight excluding hydrogens is 332 g/mol. The minimum atomic E-state index is -0.642. The molecule has 2 amide bonds. The van der Waals surface area contributed by atoms with Crippen LogP contribution in [0.25, 0.3) is 0 Å². The lowest BCUT2D eigenvalue weighted by atomic mass is 9.89. The van der Waals surface area contributed by atoms with Crippen LogP contribution in [-0.2, 0) is 0 Å². The van der Waals surface area contributed by atoms with Crippen molar-refractivity contribution in [3.05, 3.63) is 70.9 Å². The summed E-state index contributed by atoms with van der Waals surface area (Å²) in [6, 6.07) is 12.7. The standard InChI is InChI=1S/C20H20N2O4/c1-3-26-16-11-14(9-10-15(16)23)18-17(12(2)21-20(25)22-18)19(24)13-7-5-4-6-8-13/h4-11,18,23H,3H2,1-2H3,(H2,21,22,25)/t18-/m1/s1. The maximum absolute atomic E-state index is 13.0. The highest BCUT2D eigenvalue weighted by atomic mass is 16.5. The summed E-state index contributed by atoms with van der Waals surface area (Å²) >= 11 is 0. The number of hydrogen-bond donors (Lipinski definition) is 3. The number of carbonyl (C=O) groups excluding carboxylic acids is 2. The maximum atomic E-state index is 13.0. The summed E-state index contributed by atoms with van der Waals surface area (Å²) < 4.78 is 5.42. The smallest absolute Gasteiger partial charge is 0.319 e. The minimum absolute atomic E-state index is 0.00694. The van der Waals surface area contributed by atoms with Crippen molar-refractivity contribution in [1.29, 1.82) is 0 Å². The summed E-state index contributed by atoms with van der Waals surface area (Å²) in [5.41, 5.74) is 2.14. The fourth-order valence-corrected chi connectivity index (χ4v) is 2.97. The van der Waals surface area contributed by atoms with Crippen LogP contribution in [0.15, 0.2) is 59.8 Å². The number of rotatable bonds is 5. The number of urea groups is 1. The molecule has 0 unspecified atom stereocenters. The molecule has 0 aromatic heterocycles. The number of phenols is 1. The molecule has 3 N–H and O–H groups in total. The average molecular weight is 352 g/mol. The number of Topliss-reactive ketones (excluding diaryl/α,β-unsaturated/α-hetero) is 1. The van der Waals surface area contributed by atoms with Gasteiger partial charge in [0.1, 0.15) is 0 Å². The molecule has 3 rings (SSSR count). The molecule has 26 heavy (non-hydrogen) atoms. The van der Waals surface area contributed by atoms with Crippen LogP contribution in [0.5, 0.6) is 11.5 Å². The summed E-state index contributed by atoms with van der Waals surface area (Å²) in [6.45, 7) is 3.90. The predicted molar refractivity (Wildman–Crippen MR) is 97.2 cm³/mol. The van der Waals surface area contributed by atoms with E-state index in [9.17, 15) is 14.7 Å². The van der Waals surface area contributed by atoms with Crippen molar-refractivity contribution in [1.82, 2.24) is 10.6 Å². The molecule has 0 spiro atoms. The van der Waals surface area contributed by atoms with Crippen LogP contribution in [0.4, 0.5) is 4.79 Å². The van der Waals surface area contributed by atoms with E-state index in [1.807, 2.05) is 13.0 Å². The van der Waals surface area contributed by atoms with Gasteiger partial charge in [0.05, 0.1) is 12.6 Å². The first-order valence-corrected chi connectivity index (χ1v) is 8.35. The quantitative estimate of drug-likeness (QED) is 0.721. The second-order valence-electron chi connectivity index (χ2n) is 5.93. The normalized spacial score (nSPS) is 16.7. The van der Waals surface area contributed by atoms with Crippen molar-refractivity contribution < 1.29 is 19.4 Å². The van der Waals surface area contributed by atoms with E-state index in [1.54, 1.807) is 43.3 Å². The average Bonchev–Trinajstić information content (AvgIpc) is 2.63. The Balaban J connectivity index is 2.06. The van der Waals surface area contributed by atoms with Crippen LogP contribution in [0.1, 0.15) is 35.8 Å². The zero-order valence-corrected chi connectivity index (χ0v) is 14.6. The number of carbonyl (C=O) groups is 2. The maximum Gasteiger partial charge on any atom is 0.319 e. The highest BCUT2D eigenvalue weighted by Crippen LogP contribution is 2.34. The molecule has 6 nitrogen and oxygen atoms in total. The molecule has 2 aromatic rings. The van der Waals surface area contributed by atoms with Gasteiger partial charge in [0.15, 0.2) is 17.3 Å². The lowest BCUT2D eigenvalue weighted by Crippen LogP contribution is -2.45. The summed E-state index contributed by atoms with van der Waals surface area (Å²) in [5.74, 6) is 0.140. The molecule has 0 radical (unpaired) electrons. The van der Waals surface area contributed by atoms with Gasteiger partial charge in [-0.25, -0.2) is 4.79 Å². The number of ether oxygens (including phenoxy) is 1. The van der Waals surface area contributed by atoms with Crippen LogP contribution in [-0.4, -0.2) is 23.5 Å². The van der Waals surface area contributed by atoms with E-state index < -0.39 is 6.04 Å². The molecule has 6 heteroatoms. The Morgan fingerprint density at radius 1 is 1.19 bits per heavy atom. The summed E-state index contributed by atoms with van der Waals surface area (Å²) in [4.78, 5) is 25.0. The van der Waals surface area contributed by atoms with Crippen LogP contribution < -0.4 is 15.4 Å². The largest absolute Gasteiger partial charge is 0.504 e. The molecule has 134 valence electrons. The Morgan fingerprint density at radius 3 is 2.62 bits per heavy atom. The third kappa shape index (κ3) is 3.39. The van der Waals surface area contributed by atoms with Gasteiger partial charge in [0.25, 0.3) is 0 Å². The van der Waals surface area contributed by atoms with Gasteiger partial charge in [-0.3, -0.25) is 4.79 Å². The van der Waals surface area contributed by atoms with Crippen molar-refractivity contribution in [3.63, 3.8) is 0 Å². The van der Waals surface area contributed by atoms with Crippen molar-refractivity contribution in [2.24, 2.45) is 0 Å². The van der Waals surface area contributed by atoms with Crippen molar-refractivity contribution >= 4 is 11.8 Å². The number of aromatic hydroxyl groups is 1. The van der Waals surface area contributed by atoms with Gasteiger partial charge in [-0.1, -0.05) is 36.4 Å². The molecule has 0 bridgehead atoms. The van der Waals surface area contributed by atoms with Crippen molar-refractivity contribution in [2.75, 3.05) is 6.61 Å². The first kappa shape index (κ1) is 17.5. The van der Waals surface area contributed by atoms with Gasteiger partial charge in [-0.15, -0.1) is 0 Å². The zero-order valence-electron chi connectivity index (χ0n) is 14.6. The van der Waals surface area contributed by atoms with E-state index in [-0.39, 0.29) is 17.6 Å². The zero-order chi connectivity index (χ0) is 18.7. The molecule has 0 saturated carbocycles. The third-order valence-corrected chi connectivity index (χ3v) is 4.17. The van der Waals surface area contributed by atoms with Crippen LogP contribution in [0.2, 0.25) is 0 Å². The first-order chi connectivity index (χ1) is 12.5. The van der Waals surface area contributed by atoms with Gasteiger partial charge in [-0.05, 0) is 31.5 Å².